The predicted octanol–water partition coefficient (Wildman–Crippen LogP) is 1.63. The minimum Gasteiger partial charge on any atom is -0.443 e. The number of hydrogen-bond acceptors (Lipinski definition) is 9. The number of aromatic nitrogens is 7. The molecule has 162 valence electrons. The summed E-state index contributed by atoms with van der Waals surface area (Å²) in [6.07, 6.45) is 7.80. The van der Waals surface area contributed by atoms with Crippen LogP contribution in [0, 0.1) is 6.92 Å². The van der Waals surface area contributed by atoms with E-state index >= 15 is 0 Å². The molecule has 3 N–H and O–H groups in total. The second kappa shape index (κ2) is 7.05. The molecular weight excluding hydrogens is 398 g/mol. The van der Waals surface area contributed by atoms with E-state index in [9.17, 15) is 5.11 Å². The van der Waals surface area contributed by atoms with Crippen LogP contribution in [0.25, 0.3) is 17.2 Å². The minimum atomic E-state index is -0.812. The molecule has 0 radical (unpaired) electrons. The summed E-state index contributed by atoms with van der Waals surface area (Å²) < 4.78 is 8.74. The second-order valence-corrected chi connectivity index (χ2v) is 8.63. The normalized spacial score (nSPS) is 17.2. The van der Waals surface area contributed by atoms with Gasteiger partial charge in [0.05, 0.1) is 30.2 Å². The van der Waals surface area contributed by atoms with Crippen LogP contribution in [0.1, 0.15) is 37.6 Å². The lowest BCUT2D eigenvalue weighted by Crippen LogP contribution is -2.26. The maximum atomic E-state index is 10.0. The molecule has 11 heteroatoms. The van der Waals surface area contributed by atoms with Crippen molar-refractivity contribution < 1.29 is 9.52 Å². The van der Waals surface area contributed by atoms with E-state index in [1.54, 1.807) is 29.2 Å². The Morgan fingerprint density at radius 1 is 1.32 bits per heavy atom. The van der Waals surface area contributed by atoms with Crippen molar-refractivity contribution >= 4 is 17.3 Å². The van der Waals surface area contributed by atoms with Crippen molar-refractivity contribution in [3.05, 3.63) is 36.2 Å². The number of aryl methyl sites for hydroxylation is 1. The Bertz CT molecular complexity index is 1220. The largest absolute Gasteiger partial charge is 0.443 e. The van der Waals surface area contributed by atoms with Gasteiger partial charge in [0.1, 0.15) is 12.0 Å². The third-order valence-corrected chi connectivity index (χ3v) is 5.48. The maximum Gasteiger partial charge on any atom is 0.245 e. The van der Waals surface area contributed by atoms with Gasteiger partial charge in [0, 0.05) is 30.8 Å². The fourth-order valence-corrected chi connectivity index (χ4v) is 4.01. The highest BCUT2D eigenvalue weighted by molar-refractivity contribution is 5.65. The average Bonchev–Trinajstić information content (AvgIpc) is 3.49. The quantitative estimate of drug-likeness (QED) is 0.491. The number of hydrogen-bond donors (Lipinski definition) is 2. The fourth-order valence-electron chi connectivity index (χ4n) is 4.01. The lowest BCUT2D eigenvalue weighted by atomic mass is 10.1. The third kappa shape index (κ3) is 3.61. The van der Waals surface area contributed by atoms with Crippen LogP contribution in [0.2, 0.25) is 0 Å². The van der Waals surface area contributed by atoms with Gasteiger partial charge >= 0.3 is 0 Å². The van der Waals surface area contributed by atoms with Crippen LogP contribution in [0.15, 0.2) is 29.3 Å². The van der Waals surface area contributed by atoms with Crippen LogP contribution in [0.4, 0.5) is 11.6 Å². The number of nitrogen functional groups attached to an aromatic ring is 1. The van der Waals surface area contributed by atoms with Gasteiger partial charge in [0.15, 0.2) is 11.5 Å². The molecule has 4 aromatic rings. The molecule has 0 amide bonds. The highest BCUT2D eigenvalue weighted by Crippen LogP contribution is 2.31. The summed E-state index contributed by atoms with van der Waals surface area (Å²) in [4.78, 5) is 15.6. The summed E-state index contributed by atoms with van der Waals surface area (Å²) in [5, 5.41) is 19.0. The summed E-state index contributed by atoms with van der Waals surface area (Å²) in [5.41, 5.74) is 8.42. The second-order valence-electron chi connectivity index (χ2n) is 8.63. The lowest BCUT2D eigenvalue weighted by Gasteiger charge is -2.17. The van der Waals surface area contributed by atoms with E-state index < -0.39 is 5.60 Å². The smallest absolute Gasteiger partial charge is 0.245 e. The molecule has 1 fully saturated rings. The molecule has 4 aromatic heterocycles. The topological polar surface area (TPSA) is 136 Å². The molecule has 0 spiro atoms. The number of nitrogens with two attached hydrogens (primary N) is 1. The standard InChI is InChI=1S/C20H25N9O2/c1-12-15(18-22-5-7-31-18)24-19(21)29-17(12)25-16(26-29)13-4-6-27(9-13)14-8-23-28(10-14)11-20(2,3)30/h5,7-8,10,13,30H,4,6,9,11H2,1-3H3,(H2,21,24)/t13-/m1/s1. The Morgan fingerprint density at radius 2 is 2.16 bits per heavy atom. The van der Waals surface area contributed by atoms with Gasteiger partial charge in [0.25, 0.3) is 0 Å². The Balaban J connectivity index is 1.40. The van der Waals surface area contributed by atoms with Gasteiger partial charge in [-0.2, -0.15) is 9.61 Å². The molecule has 0 aromatic carbocycles. The SMILES string of the molecule is Cc1c(-c2ncco2)nc(N)n2nc([C@@H]3CCN(c4cnn(CC(C)(C)O)c4)C3)nc12. The van der Waals surface area contributed by atoms with Crippen LogP contribution >= 0.6 is 0 Å². The molecule has 0 bridgehead atoms. The molecule has 1 aliphatic rings. The van der Waals surface area contributed by atoms with Gasteiger partial charge in [-0.3, -0.25) is 4.68 Å². The zero-order chi connectivity index (χ0) is 21.8. The number of anilines is 2. The van der Waals surface area contributed by atoms with Crippen molar-refractivity contribution in [2.24, 2.45) is 0 Å². The lowest BCUT2D eigenvalue weighted by molar-refractivity contribution is 0.0577. The molecule has 1 saturated heterocycles. The summed E-state index contributed by atoms with van der Waals surface area (Å²) >= 11 is 0. The Kier molecular flexibility index (Phi) is 4.43. The first kappa shape index (κ1) is 19.5. The third-order valence-electron chi connectivity index (χ3n) is 5.48. The van der Waals surface area contributed by atoms with Crippen molar-refractivity contribution in [1.82, 2.24) is 34.3 Å². The molecule has 31 heavy (non-hydrogen) atoms. The van der Waals surface area contributed by atoms with Gasteiger partial charge in [-0.1, -0.05) is 0 Å². The van der Waals surface area contributed by atoms with Gasteiger partial charge in [-0.05, 0) is 27.2 Å². The van der Waals surface area contributed by atoms with E-state index in [4.69, 9.17) is 15.1 Å². The first-order valence-electron chi connectivity index (χ1n) is 10.2. The summed E-state index contributed by atoms with van der Waals surface area (Å²) in [6, 6.07) is 0. The highest BCUT2D eigenvalue weighted by Gasteiger charge is 2.29. The molecular formula is C20H25N9O2. The zero-order valence-electron chi connectivity index (χ0n) is 17.7. The number of nitrogens with zero attached hydrogens (tertiary/aromatic N) is 8. The maximum absolute atomic E-state index is 10.0. The molecule has 0 saturated carbocycles. The number of fused-ring (bicyclic) bond motifs is 1. The molecule has 0 aliphatic carbocycles. The van der Waals surface area contributed by atoms with Gasteiger partial charge < -0.3 is 20.2 Å². The van der Waals surface area contributed by atoms with Gasteiger partial charge in [-0.25, -0.2) is 15.0 Å². The molecule has 0 unspecified atom stereocenters. The fraction of sp³-hybridized carbons (Fsp3) is 0.450. The highest BCUT2D eigenvalue weighted by atomic mass is 16.3. The van der Waals surface area contributed by atoms with Crippen LogP contribution in [-0.2, 0) is 6.54 Å². The van der Waals surface area contributed by atoms with Crippen LogP contribution in [0.3, 0.4) is 0 Å². The Labute approximate surface area is 178 Å². The van der Waals surface area contributed by atoms with Gasteiger partial charge in [0.2, 0.25) is 11.8 Å². The number of oxazole rings is 1. The zero-order valence-corrected chi connectivity index (χ0v) is 17.7. The van der Waals surface area contributed by atoms with Gasteiger partial charge in [-0.15, -0.1) is 5.10 Å². The average molecular weight is 423 g/mol. The number of aliphatic hydroxyl groups is 1. The Morgan fingerprint density at radius 3 is 2.90 bits per heavy atom. The predicted molar refractivity (Wildman–Crippen MR) is 114 cm³/mol. The molecule has 1 atom stereocenters. The van der Waals surface area contributed by atoms with Crippen molar-refractivity contribution in [2.75, 3.05) is 23.7 Å². The molecule has 1 aliphatic heterocycles. The summed E-state index contributed by atoms with van der Waals surface area (Å²) in [6.45, 7) is 7.55. The van der Waals surface area contributed by atoms with Crippen molar-refractivity contribution in [3.63, 3.8) is 0 Å². The summed E-state index contributed by atoms with van der Waals surface area (Å²) in [7, 11) is 0. The van der Waals surface area contributed by atoms with Crippen LogP contribution in [-0.4, -0.2) is 58.1 Å². The molecule has 5 rings (SSSR count). The summed E-state index contributed by atoms with van der Waals surface area (Å²) in [5.74, 6) is 1.57. The molecule has 11 nitrogen and oxygen atoms in total. The van der Waals surface area contributed by atoms with E-state index in [-0.39, 0.29) is 11.9 Å². The van der Waals surface area contributed by atoms with E-state index in [0.29, 0.717) is 23.8 Å². The van der Waals surface area contributed by atoms with Crippen molar-refractivity contribution in [2.45, 2.75) is 45.3 Å². The van der Waals surface area contributed by atoms with E-state index in [1.807, 2.05) is 19.3 Å². The van der Waals surface area contributed by atoms with Crippen molar-refractivity contribution in [1.29, 1.82) is 0 Å². The number of rotatable bonds is 5. The monoisotopic (exact) mass is 423 g/mol. The van der Waals surface area contributed by atoms with Crippen LogP contribution in [0.5, 0.6) is 0 Å². The van der Waals surface area contributed by atoms with E-state index in [0.717, 1.165) is 36.6 Å². The van der Waals surface area contributed by atoms with E-state index in [2.05, 4.69) is 25.1 Å². The first-order chi connectivity index (χ1) is 14.8. The first-order valence-corrected chi connectivity index (χ1v) is 10.2. The van der Waals surface area contributed by atoms with E-state index in [1.165, 1.54) is 6.26 Å². The molecule has 5 heterocycles. The Hall–Kier alpha value is -3.47. The van der Waals surface area contributed by atoms with Crippen LogP contribution < -0.4 is 10.6 Å². The minimum absolute atomic E-state index is 0.168. The van der Waals surface area contributed by atoms with Crippen molar-refractivity contribution in [3.8, 4) is 11.6 Å².